The van der Waals surface area contributed by atoms with Crippen LogP contribution < -0.4 is 15.0 Å². The summed E-state index contributed by atoms with van der Waals surface area (Å²) in [5, 5.41) is 2.82. The van der Waals surface area contributed by atoms with Gasteiger partial charge in [0.15, 0.2) is 0 Å². The molecule has 0 aliphatic carbocycles. The highest BCUT2D eigenvalue weighted by Gasteiger charge is 2.24. The number of hydrogen-bond donors (Lipinski definition) is 1. The number of nitrogens with zero attached hydrogens (tertiary/aromatic N) is 2. The summed E-state index contributed by atoms with van der Waals surface area (Å²) in [5.74, 6) is 0.578. The second-order valence-corrected chi connectivity index (χ2v) is 6.27. The molecule has 0 radical (unpaired) electrons. The van der Waals surface area contributed by atoms with E-state index in [1.165, 1.54) is 0 Å². The Labute approximate surface area is 150 Å². The minimum atomic E-state index is -0.173. The summed E-state index contributed by atoms with van der Waals surface area (Å²) in [7, 11) is 1.66. The summed E-state index contributed by atoms with van der Waals surface area (Å²) < 4.78 is 5.41. The Morgan fingerprint density at radius 1 is 1.12 bits per heavy atom. The summed E-state index contributed by atoms with van der Waals surface area (Å²) in [5.41, 5.74) is 1.05. The number of anilines is 1. The molecule has 1 aliphatic heterocycles. The number of benzene rings is 1. The number of ether oxygens (including phenoxy) is 1. The van der Waals surface area contributed by atoms with Crippen molar-refractivity contribution in [2.45, 2.75) is 32.6 Å². The average Bonchev–Trinajstić information content (AvgIpc) is 2.65. The summed E-state index contributed by atoms with van der Waals surface area (Å²) in [6.07, 6.45) is 3.12. The zero-order valence-electron chi connectivity index (χ0n) is 15.3. The molecule has 1 heterocycles. The largest absolute Gasteiger partial charge is 0.495 e. The molecule has 6 nitrogen and oxygen atoms in total. The topological polar surface area (TPSA) is 61.9 Å². The van der Waals surface area contributed by atoms with Gasteiger partial charge in [0.25, 0.3) is 0 Å². The maximum absolute atomic E-state index is 12.3. The van der Waals surface area contributed by atoms with E-state index in [0.29, 0.717) is 19.6 Å². The minimum absolute atomic E-state index is 0.0548. The van der Waals surface area contributed by atoms with Crippen LogP contribution in [0.2, 0.25) is 0 Å². The van der Waals surface area contributed by atoms with Crippen LogP contribution in [-0.4, -0.2) is 56.5 Å². The number of piperazine rings is 1. The van der Waals surface area contributed by atoms with E-state index < -0.39 is 0 Å². The second-order valence-electron chi connectivity index (χ2n) is 6.27. The predicted molar refractivity (Wildman–Crippen MR) is 98.9 cm³/mol. The van der Waals surface area contributed by atoms with Crippen LogP contribution in [0.15, 0.2) is 24.3 Å². The van der Waals surface area contributed by atoms with Crippen molar-refractivity contribution >= 4 is 17.5 Å². The number of nitrogens with one attached hydrogen (secondary N) is 1. The normalized spacial score (nSPS) is 14.3. The predicted octanol–water partition coefficient (Wildman–Crippen LogP) is 2.04. The van der Waals surface area contributed by atoms with Gasteiger partial charge in [-0.25, -0.2) is 0 Å². The van der Waals surface area contributed by atoms with Gasteiger partial charge in [0, 0.05) is 32.7 Å². The number of amides is 2. The van der Waals surface area contributed by atoms with Gasteiger partial charge in [0.2, 0.25) is 11.8 Å². The number of para-hydroxylation sites is 2. The van der Waals surface area contributed by atoms with Gasteiger partial charge in [0.1, 0.15) is 12.2 Å². The van der Waals surface area contributed by atoms with E-state index in [1.54, 1.807) is 12.0 Å². The van der Waals surface area contributed by atoms with Crippen molar-refractivity contribution in [3.63, 3.8) is 0 Å². The van der Waals surface area contributed by atoms with Gasteiger partial charge in [0.05, 0.1) is 12.8 Å². The Morgan fingerprint density at radius 3 is 2.52 bits per heavy atom. The van der Waals surface area contributed by atoms with E-state index in [9.17, 15) is 9.59 Å². The minimum Gasteiger partial charge on any atom is -0.495 e. The van der Waals surface area contributed by atoms with Gasteiger partial charge in [-0.05, 0) is 18.6 Å². The fourth-order valence-electron chi connectivity index (χ4n) is 3.00. The maximum atomic E-state index is 12.3. The van der Waals surface area contributed by atoms with E-state index >= 15 is 0 Å². The molecule has 2 rings (SSSR count). The lowest BCUT2D eigenvalue weighted by molar-refractivity contribution is -0.136. The van der Waals surface area contributed by atoms with Gasteiger partial charge >= 0.3 is 0 Å². The third-order valence-electron chi connectivity index (χ3n) is 4.47. The quantitative estimate of drug-likeness (QED) is 0.577. The van der Waals surface area contributed by atoms with Crippen molar-refractivity contribution in [1.29, 1.82) is 0 Å². The number of hydrogen-bond acceptors (Lipinski definition) is 4. The van der Waals surface area contributed by atoms with Gasteiger partial charge < -0.3 is 19.9 Å². The maximum Gasteiger partial charge on any atom is 0.232 e. The van der Waals surface area contributed by atoms with Crippen LogP contribution in [0, 0.1) is 0 Å². The number of carbonyl (C=O) groups is 2. The highest BCUT2D eigenvalue weighted by molar-refractivity contribution is 5.97. The SMILES string of the molecule is CCCCCNC(=O)CC(=O)N1CCN(c2ccccc2OC)CC1. The Morgan fingerprint density at radius 2 is 1.84 bits per heavy atom. The number of unbranched alkanes of at least 4 members (excludes halogenated alkanes) is 2. The molecule has 6 heteroatoms. The van der Waals surface area contributed by atoms with Crippen LogP contribution in [0.3, 0.4) is 0 Å². The molecule has 138 valence electrons. The van der Waals surface area contributed by atoms with Crippen LogP contribution in [-0.2, 0) is 9.59 Å². The molecular weight excluding hydrogens is 318 g/mol. The third kappa shape index (κ3) is 5.66. The van der Waals surface area contributed by atoms with Crippen molar-refractivity contribution in [2.75, 3.05) is 44.7 Å². The molecule has 0 saturated carbocycles. The summed E-state index contributed by atoms with van der Waals surface area (Å²) in [6, 6.07) is 7.90. The van der Waals surface area contributed by atoms with E-state index in [0.717, 1.165) is 43.8 Å². The molecule has 1 aliphatic rings. The van der Waals surface area contributed by atoms with Gasteiger partial charge in [-0.3, -0.25) is 9.59 Å². The summed E-state index contributed by atoms with van der Waals surface area (Å²) >= 11 is 0. The third-order valence-corrected chi connectivity index (χ3v) is 4.47. The molecule has 0 unspecified atom stereocenters. The first-order chi connectivity index (χ1) is 12.2. The first-order valence-corrected chi connectivity index (χ1v) is 9.08. The second kappa shape index (κ2) is 9.91. The van der Waals surface area contributed by atoms with Crippen LogP contribution in [0.25, 0.3) is 0 Å². The Hall–Kier alpha value is -2.24. The van der Waals surface area contributed by atoms with Crippen molar-refractivity contribution < 1.29 is 14.3 Å². The zero-order chi connectivity index (χ0) is 18.1. The first kappa shape index (κ1) is 19.1. The van der Waals surface area contributed by atoms with Gasteiger partial charge in [-0.1, -0.05) is 31.9 Å². The fraction of sp³-hybridized carbons (Fsp3) is 0.579. The summed E-state index contributed by atoms with van der Waals surface area (Å²) in [6.45, 7) is 5.51. The van der Waals surface area contributed by atoms with Crippen LogP contribution in [0.5, 0.6) is 5.75 Å². The molecule has 1 saturated heterocycles. The van der Waals surface area contributed by atoms with Crippen molar-refractivity contribution in [1.82, 2.24) is 10.2 Å². The Balaban J connectivity index is 1.77. The molecule has 1 aromatic rings. The summed E-state index contributed by atoms with van der Waals surface area (Å²) in [4.78, 5) is 28.1. The standard InChI is InChI=1S/C19H29N3O3/c1-3-4-7-10-20-18(23)15-19(24)22-13-11-21(12-14-22)16-8-5-6-9-17(16)25-2/h5-6,8-9H,3-4,7,10-15H2,1-2H3,(H,20,23). The Kier molecular flexibility index (Phi) is 7.57. The molecule has 1 N–H and O–H groups in total. The lowest BCUT2D eigenvalue weighted by Gasteiger charge is -2.36. The van der Waals surface area contributed by atoms with Crippen LogP contribution in [0.4, 0.5) is 5.69 Å². The molecule has 25 heavy (non-hydrogen) atoms. The number of rotatable bonds is 8. The zero-order valence-corrected chi connectivity index (χ0v) is 15.3. The van der Waals surface area contributed by atoms with Gasteiger partial charge in [-0.15, -0.1) is 0 Å². The lowest BCUT2D eigenvalue weighted by atomic mass is 10.2. The molecule has 2 amide bonds. The molecular formula is C19H29N3O3. The van der Waals surface area contributed by atoms with E-state index in [-0.39, 0.29) is 18.2 Å². The molecule has 0 atom stereocenters. The van der Waals surface area contributed by atoms with Crippen molar-refractivity contribution in [3.8, 4) is 5.75 Å². The highest BCUT2D eigenvalue weighted by Crippen LogP contribution is 2.28. The lowest BCUT2D eigenvalue weighted by Crippen LogP contribution is -2.49. The number of carbonyl (C=O) groups excluding carboxylic acids is 2. The molecule has 1 aromatic carbocycles. The monoisotopic (exact) mass is 347 g/mol. The Bertz CT molecular complexity index is 569. The van der Waals surface area contributed by atoms with Gasteiger partial charge in [-0.2, -0.15) is 0 Å². The number of methoxy groups -OCH3 is 1. The molecule has 0 bridgehead atoms. The smallest absolute Gasteiger partial charge is 0.232 e. The van der Waals surface area contributed by atoms with E-state index in [2.05, 4.69) is 17.1 Å². The fourth-order valence-corrected chi connectivity index (χ4v) is 3.00. The van der Waals surface area contributed by atoms with Crippen molar-refractivity contribution in [3.05, 3.63) is 24.3 Å². The molecule has 1 fully saturated rings. The van der Waals surface area contributed by atoms with Crippen LogP contribution in [0.1, 0.15) is 32.6 Å². The van der Waals surface area contributed by atoms with Crippen molar-refractivity contribution in [2.24, 2.45) is 0 Å². The molecule has 0 spiro atoms. The molecule has 0 aromatic heterocycles. The van der Waals surface area contributed by atoms with E-state index in [4.69, 9.17) is 4.74 Å². The van der Waals surface area contributed by atoms with E-state index in [1.807, 2.05) is 24.3 Å². The van der Waals surface area contributed by atoms with Crippen LogP contribution >= 0.6 is 0 Å². The highest BCUT2D eigenvalue weighted by atomic mass is 16.5. The average molecular weight is 347 g/mol. The first-order valence-electron chi connectivity index (χ1n) is 9.08.